The number of sulfonamides is 1. The molecule has 0 aliphatic carbocycles. The number of hydrogen-bond donors (Lipinski definition) is 0. The number of ether oxygens (including phenoxy) is 2. The van der Waals surface area contributed by atoms with Crippen LogP contribution in [-0.4, -0.2) is 28.0 Å². The molecule has 31 heavy (non-hydrogen) atoms. The van der Waals surface area contributed by atoms with E-state index >= 15 is 0 Å². The third kappa shape index (κ3) is 5.64. The van der Waals surface area contributed by atoms with Gasteiger partial charge in [-0.1, -0.05) is 30.3 Å². The first kappa shape index (κ1) is 22.4. The van der Waals surface area contributed by atoms with Crippen LogP contribution in [0.25, 0.3) is 0 Å². The van der Waals surface area contributed by atoms with Gasteiger partial charge in [-0.2, -0.15) is 0 Å². The van der Waals surface area contributed by atoms with Gasteiger partial charge in [-0.3, -0.25) is 4.79 Å². The van der Waals surface area contributed by atoms with Crippen molar-refractivity contribution in [1.29, 1.82) is 0 Å². The molecule has 162 valence electrons. The highest BCUT2D eigenvalue weighted by molar-refractivity contribution is 7.93. The Morgan fingerprint density at radius 2 is 1.61 bits per heavy atom. The van der Waals surface area contributed by atoms with Crippen LogP contribution in [0.15, 0.2) is 83.8 Å². The third-order valence-corrected chi connectivity index (χ3v) is 6.37. The van der Waals surface area contributed by atoms with Crippen molar-refractivity contribution in [2.24, 2.45) is 0 Å². The monoisotopic (exact) mass is 439 g/mol. The normalized spacial score (nSPS) is 11.0. The molecule has 0 saturated heterocycles. The molecule has 3 rings (SSSR count). The van der Waals surface area contributed by atoms with Gasteiger partial charge in [0.15, 0.2) is 0 Å². The Labute approximate surface area is 183 Å². The average molecular weight is 440 g/mol. The summed E-state index contributed by atoms with van der Waals surface area (Å²) in [7, 11) is -2.54. The Morgan fingerprint density at radius 1 is 0.903 bits per heavy atom. The van der Waals surface area contributed by atoms with Crippen molar-refractivity contribution in [3.8, 4) is 11.5 Å². The second-order valence-electron chi connectivity index (χ2n) is 6.94. The number of amides is 1. The van der Waals surface area contributed by atoms with Crippen molar-refractivity contribution in [3.05, 3.63) is 84.4 Å². The van der Waals surface area contributed by atoms with E-state index in [9.17, 15) is 13.2 Å². The quantitative estimate of drug-likeness (QED) is 0.456. The second-order valence-corrected chi connectivity index (χ2v) is 8.73. The zero-order chi connectivity index (χ0) is 22.3. The third-order valence-electron chi connectivity index (χ3n) is 4.61. The van der Waals surface area contributed by atoms with Gasteiger partial charge in [0.1, 0.15) is 11.5 Å². The average Bonchev–Trinajstić information content (AvgIpc) is 2.78. The predicted octanol–water partition coefficient (Wildman–Crippen LogP) is 4.58. The van der Waals surface area contributed by atoms with E-state index < -0.39 is 15.9 Å². The number of methoxy groups -OCH3 is 1. The van der Waals surface area contributed by atoms with Crippen molar-refractivity contribution in [2.45, 2.75) is 24.7 Å². The van der Waals surface area contributed by atoms with Gasteiger partial charge < -0.3 is 9.47 Å². The number of hydrogen-bond acceptors (Lipinski definition) is 5. The maximum atomic E-state index is 13.3. The Hall–Kier alpha value is -3.32. The highest BCUT2D eigenvalue weighted by atomic mass is 32.2. The van der Waals surface area contributed by atoms with Crippen LogP contribution in [0.3, 0.4) is 0 Å². The van der Waals surface area contributed by atoms with Gasteiger partial charge in [-0.05, 0) is 67.4 Å². The molecule has 0 saturated carbocycles. The molecular formula is C24H25NO5S. The summed E-state index contributed by atoms with van der Waals surface area (Å²) in [6.45, 7) is 2.27. The van der Waals surface area contributed by atoms with Crippen LogP contribution in [0.4, 0.5) is 5.69 Å². The number of carbonyl (C=O) groups is 1. The fourth-order valence-corrected chi connectivity index (χ4v) is 4.52. The number of benzene rings is 3. The highest BCUT2D eigenvalue weighted by Gasteiger charge is 2.30. The molecule has 0 fully saturated rings. The summed E-state index contributed by atoms with van der Waals surface area (Å²) in [6, 6.07) is 21.9. The summed E-state index contributed by atoms with van der Waals surface area (Å²) in [6.07, 6.45) is 0.396. The minimum absolute atomic E-state index is 0.0178. The Balaban J connectivity index is 1.77. The predicted molar refractivity (Wildman–Crippen MR) is 120 cm³/mol. The summed E-state index contributed by atoms with van der Waals surface area (Å²) >= 11 is 0. The lowest BCUT2D eigenvalue weighted by molar-refractivity contribution is -0.117. The van der Waals surface area contributed by atoms with E-state index in [4.69, 9.17) is 9.47 Å². The summed E-state index contributed by atoms with van der Waals surface area (Å²) in [4.78, 5) is 13.1. The minimum atomic E-state index is -4.07. The molecule has 0 heterocycles. The lowest BCUT2D eigenvalue weighted by atomic mass is 10.2. The van der Waals surface area contributed by atoms with E-state index in [0.717, 1.165) is 15.6 Å². The molecule has 0 radical (unpaired) electrons. The Morgan fingerprint density at radius 3 is 2.26 bits per heavy atom. The molecule has 3 aromatic rings. The molecule has 0 unspecified atom stereocenters. The van der Waals surface area contributed by atoms with E-state index in [1.807, 2.05) is 31.2 Å². The highest BCUT2D eigenvalue weighted by Crippen LogP contribution is 2.27. The molecule has 0 N–H and O–H groups in total. The van der Waals surface area contributed by atoms with Crippen molar-refractivity contribution in [2.75, 3.05) is 18.0 Å². The molecular weight excluding hydrogens is 414 g/mol. The molecule has 0 aliphatic heterocycles. The first-order valence-electron chi connectivity index (χ1n) is 9.88. The van der Waals surface area contributed by atoms with Crippen molar-refractivity contribution in [3.63, 3.8) is 0 Å². The van der Waals surface area contributed by atoms with Gasteiger partial charge in [-0.25, -0.2) is 12.7 Å². The topological polar surface area (TPSA) is 72.9 Å². The fraction of sp³-hybridized carbons (Fsp3) is 0.208. The van der Waals surface area contributed by atoms with Crippen molar-refractivity contribution < 1.29 is 22.7 Å². The maximum absolute atomic E-state index is 13.3. The Bertz CT molecular complexity index is 1110. The number of nitrogens with zero attached hydrogens (tertiary/aromatic N) is 1. The molecule has 0 spiro atoms. The molecule has 7 heteroatoms. The first-order chi connectivity index (χ1) is 14.9. The number of rotatable bonds is 9. The summed E-state index contributed by atoms with van der Waals surface area (Å²) in [5, 5.41) is 0. The summed E-state index contributed by atoms with van der Waals surface area (Å²) in [5.74, 6) is 0.762. The fourth-order valence-electron chi connectivity index (χ4n) is 3.05. The second kappa shape index (κ2) is 10.1. The van der Waals surface area contributed by atoms with Crippen LogP contribution in [0.5, 0.6) is 11.5 Å². The minimum Gasteiger partial charge on any atom is -0.497 e. The van der Waals surface area contributed by atoms with Crippen molar-refractivity contribution >= 4 is 21.6 Å². The largest absolute Gasteiger partial charge is 0.497 e. The van der Waals surface area contributed by atoms with Crippen LogP contribution < -0.4 is 13.8 Å². The molecule has 0 aromatic heterocycles. The summed E-state index contributed by atoms with van der Waals surface area (Å²) in [5.41, 5.74) is 1.34. The maximum Gasteiger partial charge on any atom is 0.270 e. The van der Waals surface area contributed by atoms with Crippen LogP contribution in [0.2, 0.25) is 0 Å². The number of carbonyl (C=O) groups excluding carboxylic acids is 1. The Kier molecular flexibility index (Phi) is 7.31. The molecule has 0 aliphatic rings. The van der Waals surface area contributed by atoms with Gasteiger partial charge in [-0.15, -0.1) is 0 Å². The van der Waals surface area contributed by atoms with E-state index in [-0.39, 0.29) is 17.0 Å². The van der Waals surface area contributed by atoms with Gasteiger partial charge in [0.2, 0.25) is 5.91 Å². The molecule has 3 aromatic carbocycles. The molecule has 1 amide bonds. The molecule has 0 bridgehead atoms. The zero-order valence-corrected chi connectivity index (χ0v) is 18.3. The van der Waals surface area contributed by atoms with Gasteiger partial charge in [0, 0.05) is 6.42 Å². The van der Waals surface area contributed by atoms with E-state index in [0.29, 0.717) is 18.8 Å². The zero-order valence-electron chi connectivity index (χ0n) is 17.5. The smallest absolute Gasteiger partial charge is 0.270 e. The lowest BCUT2D eigenvalue weighted by Crippen LogP contribution is -2.37. The first-order valence-corrected chi connectivity index (χ1v) is 11.3. The van der Waals surface area contributed by atoms with Crippen LogP contribution in [-0.2, 0) is 14.8 Å². The van der Waals surface area contributed by atoms with E-state index in [1.165, 1.54) is 19.2 Å². The van der Waals surface area contributed by atoms with Crippen LogP contribution >= 0.6 is 0 Å². The van der Waals surface area contributed by atoms with E-state index in [1.54, 1.807) is 42.5 Å². The standard InChI is InChI=1S/C24H25NO5S/c1-19-8-6-9-22(18-19)30-17-7-12-24(26)25(20-13-15-21(29-2)16-14-20)31(27,28)23-10-4-3-5-11-23/h3-6,8-11,13-16,18H,7,12,17H2,1-2H3. The van der Waals surface area contributed by atoms with Crippen LogP contribution in [0.1, 0.15) is 18.4 Å². The van der Waals surface area contributed by atoms with E-state index in [2.05, 4.69) is 0 Å². The van der Waals surface area contributed by atoms with Gasteiger partial charge in [0.05, 0.1) is 24.3 Å². The van der Waals surface area contributed by atoms with Gasteiger partial charge >= 0.3 is 0 Å². The number of aryl methyl sites for hydroxylation is 1. The SMILES string of the molecule is COc1ccc(N(C(=O)CCCOc2cccc(C)c2)S(=O)(=O)c2ccccc2)cc1. The molecule has 6 nitrogen and oxygen atoms in total. The number of anilines is 1. The summed E-state index contributed by atoms with van der Waals surface area (Å²) < 4.78 is 38.2. The molecule has 0 atom stereocenters. The van der Waals surface area contributed by atoms with Crippen LogP contribution in [0, 0.1) is 6.92 Å². The van der Waals surface area contributed by atoms with Gasteiger partial charge in [0.25, 0.3) is 10.0 Å². The lowest BCUT2D eigenvalue weighted by Gasteiger charge is -2.23. The van der Waals surface area contributed by atoms with Crippen molar-refractivity contribution in [1.82, 2.24) is 0 Å².